The topological polar surface area (TPSA) is 66.9 Å². The van der Waals surface area contributed by atoms with E-state index in [-0.39, 0.29) is 23.9 Å². The van der Waals surface area contributed by atoms with Crippen LogP contribution < -0.4 is 4.74 Å². The fraction of sp³-hybridized carbons (Fsp3) is 0.269. The van der Waals surface area contributed by atoms with Crippen LogP contribution in [0, 0.1) is 0 Å². The Bertz CT molecular complexity index is 1080. The Morgan fingerprint density at radius 3 is 1.76 bits per heavy atom. The molecule has 0 aliphatic heterocycles. The molecule has 3 aromatic rings. The van der Waals surface area contributed by atoms with E-state index in [9.17, 15) is 13.2 Å². The fourth-order valence-electron chi connectivity index (χ4n) is 3.48. The second-order valence-electron chi connectivity index (χ2n) is 7.56. The van der Waals surface area contributed by atoms with Crippen LogP contribution in [0.1, 0.15) is 25.0 Å². The molecule has 0 aliphatic carbocycles. The number of ether oxygens (including phenoxy) is 1. The minimum atomic E-state index is -3.83. The number of rotatable bonds is 11. The molecule has 0 bridgehead atoms. The van der Waals surface area contributed by atoms with Gasteiger partial charge < -0.3 is 9.64 Å². The molecule has 0 saturated heterocycles. The molecule has 1 amide bonds. The molecule has 0 saturated carbocycles. The van der Waals surface area contributed by atoms with Crippen LogP contribution in [0.5, 0.6) is 5.75 Å². The number of amides is 1. The predicted molar refractivity (Wildman–Crippen MR) is 129 cm³/mol. The molecule has 33 heavy (non-hydrogen) atoms. The molecule has 174 valence electrons. The Balaban J connectivity index is 1.80. The zero-order valence-corrected chi connectivity index (χ0v) is 19.9. The summed E-state index contributed by atoms with van der Waals surface area (Å²) in [5.41, 5.74) is 1.97. The van der Waals surface area contributed by atoms with Crippen molar-refractivity contribution in [3.63, 3.8) is 0 Å². The first-order valence-electron chi connectivity index (χ1n) is 11.0. The van der Waals surface area contributed by atoms with E-state index in [0.29, 0.717) is 25.4 Å². The van der Waals surface area contributed by atoms with Crippen LogP contribution in [0.15, 0.2) is 89.8 Å². The van der Waals surface area contributed by atoms with Crippen LogP contribution in [0.2, 0.25) is 0 Å². The quantitative estimate of drug-likeness (QED) is 0.422. The van der Waals surface area contributed by atoms with E-state index in [0.717, 1.165) is 11.1 Å². The maximum Gasteiger partial charge on any atom is 0.243 e. The summed E-state index contributed by atoms with van der Waals surface area (Å²) < 4.78 is 33.1. The molecule has 0 unspecified atom stereocenters. The molecule has 3 aromatic carbocycles. The average Bonchev–Trinajstić information content (AvgIpc) is 2.83. The molecule has 0 aromatic heterocycles. The van der Waals surface area contributed by atoms with Crippen molar-refractivity contribution >= 4 is 15.9 Å². The molecular formula is C26H30N2O4S. The van der Waals surface area contributed by atoms with E-state index >= 15 is 0 Å². The summed E-state index contributed by atoms with van der Waals surface area (Å²) >= 11 is 0. The summed E-state index contributed by atoms with van der Waals surface area (Å²) in [4.78, 5) is 15.2. The van der Waals surface area contributed by atoms with E-state index in [1.165, 1.54) is 16.4 Å². The van der Waals surface area contributed by atoms with E-state index in [4.69, 9.17) is 4.74 Å². The van der Waals surface area contributed by atoms with Gasteiger partial charge in [-0.3, -0.25) is 4.79 Å². The van der Waals surface area contributed by atoms with Crippen molar-refractivity contribution in [3.05, 3.63) is 96.1 Å². The van der Waals surface area contributed by atoms with Gasteiger partial charge in [-0.2, -0.15) is 4.31 Å². The molecule has 0 fully saturated rings. The van der Waals surface area contributed by atoms with Crippen LogP contribution in [0.25, 0.3) is 0 Å². The Kier molecular flexibility index (Phi) is 8.63. The van der Waals surface area contributed by atoms with Gasteiger partial charge >= 0.3 is 0 Å². The molecule has 0 N–H and O–H groups in total. The molecule has 0 radical (unpaired) electrons. The summed E-state index contributed by atoms with van der Waals surface area (Å²) in [6, 6.07) is 25.7. The van der Waals surface area contributed by atoms with Crippen LogP contribution in [0.3, 0.4) is 0 Å². The third-order valence-corrected chi connectivity index (χ3v) is 7.16. The molecule has 7 heteroatoms. The number of likely N-dealkylation sites (N-methyl/N-ethyl adjacent to an activating group) is 1. The SMILES string of the molecule is CCOc1ccc(S(=O)(=O)N(CC)CC(=O)N(Cc2ccccc2)Cc2ccccc2)cc1. The highest BCUT2D eigenvalue weighted by molar-refractivity contribution is 7.89. The molecular weight excluding hydrogens is 436 g/mol. The van der Waals surface area contributed by atoms with Gasteiger partial charge in [-0.1, -0.05) is 67.6 Å². The number of carbonyl (C=O) groups excluding carboxylic acids is 1. The van der Waals surface area contributed by atoms with Gasteiger partial charge in [-0.15, -0.1) is 0 Å². The smallest absolute Gasteiger partial charge is 0.243 e. The van der Waals surface area contributed by atoms with Crippen molar-refractivity contribution in [2.24, 2.45) is 0 Å². The zero-order chi connectivity index (χ0) is 23.7. The maximum absolute atomic E-state index is 13.3. The van der Waals surface area contributed by atoms with Gasteiger partial charge in [0.25, 0.3) is 0 Å². The first-order valence-corrected chi connectivity index (χ1v) is 12.5. The lowest BCUT2D eigenvalue weighted by molar-refractivity contribution is -0.132. The second-order valence-corrected chi connectivity index (χ2v) is 9.49. The van der Waals surface area contributed by atoms with Crippen LogP contribution in [-0.4, -0.2) is 43.2 Å². The summed E-state index contributed by atoms with van der Waals surface area (Å²) in [7, 11) is -3.83. The Labute approximate surface area is 196 Å². The first-order chi connectivity index (χ1) is 15.9. The monoisotopic (exact) mass is 466 g/mol. The van der Waals surface area contributed by atoms with Crippen LogP contribution >= 0.6 is 0 Å². The minimum absolute atomic E-state index is 0.137. The van der Waals surface area contributed by atoms with Gasteiger partial charge in [0.05, 0.1) is 18.0 Å². The Morgan fingerprint density at radius 1 is 0.788 bits per heavy atom. The van der Waals surface area contributed by atoms with Gasteiger partial charge in [-0.25, -0.2) is 8.42 Å². The summed E-state index contributed by atoms with van der Waals surface area (Å²) in [5.74, 6) is 0.353. The number of nitrogens with zero attached hydrogens (tertiary/aromatic N) is 2. The Hall–Kier alpha value is -3.16. The normalized spacial score (nSPS) is 11.4. The number of hydrogen-bond donors (Lipinski definition) is 0. The lowest BCUT2D eigenvalue weighted by Crippen LogP contribution is -2.42. The molecule has 0 aliphatic rings. The van der Waals surface area contributed by atoms with Gasteiger partial charge in [0.2, 0.25) is 15.9 Å². The van der Waals surface area contributed by atoms with Crippen LogP contribution in [0.4, 0.5) is 0 Å². The predicted octanol–water partition coefficient (Wildman–Crippen LogP) is 4.32. The van der Waals surface area contributed by atoms with Crippen molar-refractivity contribution in [2.75, 3.05) is 19.7 Å². The number of sulfonamides is 1. The highest BCUT2D eigenvalue weighted by atomic mass is 32.2. The third kappa shape index (κ3) is 6.66. The summed E-state index contributed by atoms with van der Waals surface area (Å²) in [6.07, 6.45) is 0. The number of benzene rings is 3. The van der Waals surface area contributed by atoms with Crippen molar-refractivity contribution in [2.45, 2.75) is 31.8 Å². The fourth-order valence-corrected chi connectivity index (χ4v) is 4.88. The lowest BCUT2D eigenvalue weighted by atomic mass is 10.1. The van der Waals surface area contributed by atoms with Crippen molar-refractivity contribution in [1.29, 1.82) is 0 Å². The highest BCUT2D eigenvalue weighted by Crippen LogP contribution is 2.20. The van der Waals surface area contributed by atoms with Crippen molar-refractivity contribution < 1.29 is 17.9 Å². The van der Waals surface area contributed by atoms with E-state index in [2.05, 4.69) is 0 Å². The number of hydrogen-bond acceptors (Lipinski definition) is 4. The molecule has 0 spiro atoms. The maximum atomic E-state index is 13.3. The highest BCUT2D eigenvalue weighted by Gasteiger charge is 2.27. The Morgan fingerprint density at radius 2 is 1.30 bits per heavy atom. The number of carbonyl (C=O) groups is 1. The summed E-state index contributed by atoms with van der Waals surface area (Å²) in [6.45, 7) is 4.85. The average molecular weight is 467 g/mol. The van der Waals surface area contributed by atoms with E-state index in [1.54, 1.807) is 24.0 Å². The van der Waals surface area contributed by atoms with Gasteiger partial charge in [0.1, 0.15) is 5.75 Å². The molecule has 0 heterocycles. The van der Waals surface area contributed by atoms with E-state index < -0.39 is 10.0 Å². The second kappa shape index (κ2) is 11.6. The lowest BCUT2D eigenvalue weighted by Gasteiger charge is -2.27. The molecule has 6 nitrogen and oxygen atoms in total. The van der Waals surface area contributed by atoms with Crippen molar-refractivity contribution in [3.8, 4) is 5.75 Å². The minimum Gasteiger partial charge on any atom is -0.494 e. The zero-order valence-electron chi connectivity index (χ0n) is 19.1. The van der Waals surface area contributed by atoms with Gasteiger partial charge in [0, 0.05) is 19.6 Å². The van der Waals surface area contributed by atoms with Crippen molar-refractivity contribution in [1.82, 2.24) is 9.21 Å². The third-order valence-electron chi connectivity index (χ3n) is 5.22. The van der Waals surface area contributed by atoms with Gasteiger partial charge in [-0.05, 0) is 42.3 Å². The molecule has 0 atom stereocenters. The van der Waals surface area contributed by atoms with Crippen LogP contribution in [-0.2, 0) is 27.9 Å². The van der Waals surface area contributed by atoms with Gasteiger partial charge in [0.15, 0.2) is 0 Å². The first kappa shape index (κ1) is 24.5. The standard InChI is InChI=1S/C26H30N2O4S/c1-3-28(33(30,31)25-17-15-24(16-18-25)32-4-2)21-26(29)27(19-22-11-7-5-8-12-22)20-23-13-9-6-10-14-23/h5-18H,3-4,19-21H2,1-2H3. The summed E-state index contributed by atoms with van der Waals surface area (Å²) in [5, 5.41) is 0. The largest absolute Gasteiger partial charge is 0.494 e. The van der Waals surface area contributed by atoms with E-state index in [1.807, 2.05) is 67.6 Å². The molecule has 3 rings (SSSR count).